The highest BCUT2D eigenvalue weighted by Crippen LogP contribution is 2.20. The van der Waals surface area contributed by atoms with Crippen LogP contribution in [-0.4, -0.2) is 11.8 Å². The molecule has 3 aromatic carbocycles. The van der Waals surface area contributed by atoms with Gasteiger partial charge in [0, 0.05) is 11.1 Å². The molecule has 0 fully saturated rings. The van der Waals surface area contributed by atoms with E-state index in [1.54, 1.807) is 0 Å². The normalized spacial score (nSPS) is 10.4. The maximum atomic E-state index is 13.6. The minimum absolute atomic E-state index is 0.0243. The van der Waals surface area contributed by atoms with Gasteiger partial charge in [-0.1, -0.05) is 12.1 Å². The Hall–Kier alpha value is -3.68. The average Bonchev–Trinajstić information content (AvgIpc) is 2.67. The molecule has 4 nitrogen and oxygen atoms in total. The second-order valence-corrected chi connectivity index (χ2v) is 5.68. The third-order valence-electron chi connectivity index (χ3n) is 3.81. The molecule has 3 aromatic rings. The molecule has 0 bridgehead atoms. The molecule has 8 heteroatoms. The first-order valence-corrected chi connectivity index (χ1v) is 7.97. The van der Waals surface area contributed by atoms with E-state index in [2.05, 4.69) is 10.6 Å². The number of benzene rings is 3. The summed E-state index contributed by atoms with van der Waals surface area (Å²) in [6, 6.07) is 11.2. The number of rotatable bonds is 4. The molecule has 0 heterocycles. The van der Waals surface area contributed by atoms with Gasteiger partial charge < -0.3 is 10.6 Å². The van der Waals surface area contributed by atoms with Crippen LogP contribution in [0.25, 0.3) is 0 Å². The Labute approximate surface area is 156 Å². The average molecular weight is 388 g/mol. The zero-order chi connectivity index (χ0) is 20.3. The second kappa shape index (κ2) is 7.91. The molecule has 2 amide bonds. The molecule has 0 aliphatic heterocycles. The zero-order valence-corrected chi connectivity index (χ0v) is 14.1. The lowest BCUT2D eigenvalue weighted by Crippen LogP contribution is -2.16. The number of hydrogen-bond donors (Lipinski definition) is 2. The van der Waals surface area contributed by atoms with Crippen LogP contribution in [0.1, 0.15) is 20.7 Å². The third kappa shape index (κ3) is 4.01. The summed E-state index contributed by atoms with van der Waals surface area (Å²) in [4.78, 5) is 24.3. The van der Waals surface area contributed by atoms with E-state index < -0.39 is 46.5 Å². The number of amides is 2. The molecular weight excluding hydrogens is 376 g/mol. The summed E-state index contributed by atoms with van der Waals surface area (Å²) in [6.45, 7) is 0. The summed E-state index contributed by atoms with van der Waals surface area (Å²) >= 11 is 0. The van der Waals surface area contributed by atoms with Crippen LogP contribution in [0.4, 0.5) is 28.9 Å². The Morgan fingerprint density at radius 3 is 1.11 bits per heavy atom. The van der Waals surface area contributed by atoms with E-state index in [0.29, 0.717) is 0 Å². The first kappa shape index (κ1) is 19.1. The maximum absolute atomic E-state index is 13.6. The van der Waals surface area contributed by atoms with Crippen molar-refractivity contribution < 1.29 is 27.2 Å². The quantitative estimate of drug-likeness (QED) is 0.634. The Bertz CT molecular complexity index is 928. The van der Waals surface area contributed by atoms with E-state index >= 15 is 0 Å². The standard InChI is InChI=1S/C20H12F4N2O2/c21-13-3-1-4-14(22)17(13)25-19(27)11-7-9-12(10-8-11)20(28)26-18-15(23)5-2-6-16(18)24/h1-10H,(H,25,27)(H,26,28). The fourth-order valence-corrected chi connectivity index (χ4v) is 2.38. The molecule has 28 heavy (non-hydrogen) atoms. The van der Waals surface area contributed by atoms with Crippen LogP contribution in [0.2, 0.25) is 0 Å². The molecule has 0 aliphatic carbocycles. The summed E-state index contributed by atoms with van der Waals surface area (Å²) in [7, 11) is 0. The molecular formula is C20H12F4N2O2. The molecule has 3 rings (SSSR count). The predicted octanol–water partition coefficient (Wildman–Crippen LogP) is 4.75. The van der Waals surface area contributed by atoms with Crippen molar-refractivity contribution in [2.75, 3.05) is 10.6 Å². The number of halogens is 4. The summed E-state index contributed by atoms with van der Waals surface area (Å²) < 4.78 is 54.4. The molecule has 0 aliphatic rings. The molecule has 2 N–H and O–H groups in total. The molecule has 0 saturated carbocycles. The van der Waals surface area contributed by atoms with Crippen molar-refractivity contribution in [3.8, 4) is 0 Å². The van der Waals surface area contributed by atoms with E-state index in [-0.39, 0.29) is 11.1 Å². The molecule has 142 valence electrons. The fourth-order valence-electron chi connectivity index (χ4n) is 2.38. The second-order valence-electron chi connectivity index (χ2n) is 5.68. The van der Waals surface area contributed by atoms with Crippen molar-refractivity contribution >= 4 is 23.2 Å². The topological polar surface area (TPSA) is 58.2 Å². The van der Waals surface area contributed by atoms with Gasteiger partial charge in [-0.15, -0.1) is 0 Å². The first-order chi connectivity index (χ1) is 13.4. The number of carbonyl (C=O) groups excluding carboxylic acids is 2. The molecule has 0 aromatic heterocycles. The van der Waals surface area contributed by atoms with Crippen LogP contribution in [0.3, 0.4) is 0 Å². The van der Waals surface area contributed by atoms with Crippen LogP contribution in [0, 0.1) is 23.3 Å². The first-order valence-electron chi connectivity index (χ1n) is 7.97. The highest BCUT2D eigenvalue weighted by molar-refractivity contribution is 6.07. The van der Waals surface area contributed by atoms with Gasteiger partial charge in [-0.3, -0.25) is 9.59 Å². The number of para-hydroxylation sites is 2. The third-order valence-corrected chi connectivity index (χ3v) is 3.81. The molecule has 0 unspecified atom stereocenters. The van der Waals surface area contributed by atoms with E-state index in [4.69, 9.17) is 0 Å². The van der Waals surface area contributed by atoms with Crippen LogP contribution >= 0.6 is 0 Å². The summed E-state index contributed by atoms with van der Waals surface area (Å²) in [5.74, 6) is -5.33. The van der Waals surface area contributed by atoms with Gasteiger partial charge in [0.05, 0.1) is 0 Å². The van der Waals surface area contributed by atoms with E-state index in [0.717, 1.165) is 36.4 Å². The Morgan fingerprint density at radius 1 is 0.536 bits per heavy atom. The Kier molecular flexibility index (Phi) is 5.39. The van der Waals surface area contributed by atoms with E-state index in [1.807, 2.05) is 0 Å². The number of hydrogen-bond acceptors (Lipinski definition) is 2. The summed E-state index contributed by atoms with van der Waals surface area (Å²) in [6.07, 6.45) is 0. The smallest absolute Gasteiger partial charge is 0.255 e. The van der Waals surface area contributed by atoms with Gasteiger partial charge in [0.1, 0.15) is 34.6 Å². The fraction of sp³-hybridized carbons (Fsp3) is 0. The lowest BCUT2D eigenvalue weighted by atomic mass is 10.1. The van der Waals surface area contributed by atoms with Gasteiger partial charge >= 0.3 is 0 Å². The van der Waals surface area contributed by atoms with Crippen molar-refractivity contribution in [2.24, 2.45) is 0 Å². The molecule has 0 radical (unpaired) electrons. The van der Waals surface area contributed by atoms with Gasteiger partial charge in [-0.05, 0) is 48.5 Å². The van der Waals surface area contributed by atoms with Gasteiger partial charge in [-0.25, -0.2) is 17.6 Å². The van der Waals surface area contributed by atoms with Gasteiger partial charge in [0.2, 0.25) is 0 Å². The summed E-state index contributed by atoms with van der Waals surface area (Å²) in [5.41, 5.74) is -1.14. The van der Waals surface area contributed by atoms with Gasteiger partial charge in [0.15, 0.2) is 0 Å². The monoisotopic (exact) mass is 388 g/mol. The SMILES string of the molecule is O=C(Nc1c(F)cccc1F)c1ccc(C(=O)Nc2c(F)cccc2F)cc1. The lowest BCUT2D eigenvalue weighted by molar-refractivity contribution is 0.101. The molecule has 0 saturated heterocycles. The van der Waals surface area contributed by atoms with E-state index in [1.165, 1.54) is 24.3 Å². The van der Waals surface area contributed by atoms with Crippen molar-refractivity contribution in [1.29, 1.82) is 0 Å². The Balaban J connectivity index is 1.74. The van der Waals surface area contributed by atoms with Gasteiger partial charge in [-0.2, -0.15) is 0 Å². The van der Waals surface area contributed by atoms with Crippen LogP contribution < -0.4 is 10.6 Å². The van der Waals surface area contributed by atoms with Crippen LogP contribution in [0.15, 0.2) is 60.7 Å². The summed E-state index contributed by atoms with van der Waals surface area (Å²) in [5, 5.41) is 4.22. The highest BCUT2D eigenvalue weighted by atomic mass is 19.1. The van der Waals surface area contributed by atoms with Crippen molar-refractivity contribution in [1.82, 2.24) is 0 Å². The van der Waals surface area contributed by atoms with Crippen LogP contribution in [-0.2, 0) is 0 Å². The van der Waals surface area contributed by atoms with Crippen molar-refractivity contribution in [3.63, 3.8) is 0 Å². The predicted molar refractivity (Wildman–Crippen MR) is 95.1 cm³/mol. The highest BCUT2D eigenvalue weighted by Gasteiger charge is 2.16. The number of carbonyl (C=O) groups is 2. The van der Waals surface area contributed by atoms with Crippen molar-refractivity contribution in [3.05, 3.63) is 95.1 Å². The van der Waals surface area contributed by atoms with Crippen molar-refractivity contribution in [2.45, 2.75) is 0 Å². The van der Waals surface area contributed by atoms with Gasteiger partial charge in [0.25, 0.3) is 11.8 Å². The molecule has 0 atom stereocenters. The maximum Gasteiger partial charge on any atom is 0.255 e. The largest absolute Gasteiger partial charge is 0.317 e. The number of nitrogens with one attached hydrogen (secondary N) is 2. The van der Waals surface area contributed by atoms with Crippen LogP contribution in [0.5, 0.6) is 0 Å². The zero-order valence-electron chi connectivity index (χ0n) is 14.1. The van der Waals surface area contributed by atoms with E-state index in [9.17, 15) is 27.2 Å². The Morgan fingerprint density at radius 2 is 0.821 bits per heavy atom. The minimum Gasteiger partial charge on any atom is -0.317 e. The minimum atomic E-state index is -0.934. The lowest BCUT2D eigenvalue weighted by Gasteiger charge is -2.09. The number of anilines is 2. The molecule has 0 spiro atoms.